The van der Waals surface area contributed by atoms with E-state index in [0.717, 1.165) is 4.57 Å². The molecule has 0 radical (unpaired) electrons. The van der Waals surface area contributed by atoms with Gasteiger partial charge in [0.05, 0.1) is 0 Å². The third-order valence-electron chi connectivity index (χ3n) is 4.31. The maximum absolute atomic E-state index is 13.0. The normalized spacial score (nSPS) is 13.1. The van der Waals surface area contributed by atoms with Gasteiger partial charge in [-0.15, -0.1) is 24.0 Å². The van der Waals surface area contributed by atoms with E-state index in [2.05, 4.69) is 20.6 Å². The number of imidazole rings is 1. The third-order valence-corrected chi connectivity index (χ3v) is 4.31. The number of alkyl halides is 2. The second-order valence-electron chi connectivity index (χ2n) is 8.41. The van der Waals surface area contributed by atoms with Crippen LogP contribution in [0.1, 0.15) is 60.3 Å². The summed E-state index contributed by atoms with van der Waals surface area (Å²) in [6.07, 6.45) is 2.80. The summed E-state index contributed by atoms with van der Waals surface area (Å²) in [5.41, 5.74) is -0.558. The number of hydrogen-bond acceptors (Lipinski definition) is 4. The summed E-state index contributed by atoms with van der Waals surface area (Å²) in [7, 11) is 1.87. The molecule has 1 aromatic rings. The maximum Gasteiger partial charge on any atom is 0.407 e. The summed E-state index contributed by atoms with van der Waals surface area (Å²) in [5, 5.41) is 6.09. The van der Waals surface area contributed by atoms with E-state index < -0.39 is 18.2 Å². The molecule has 0 saturated heterocycles. The molecule has 31 heavy (non-hydrogen) atoms. The Bertz CT molecular complexity index is 691. The Balaban J connectivity index is 0.00000900. The molecule has 0 spiro atoms. The highest BCUT2D eigenvalue weighted by Crippen LogP contribution is 2.14. The second kappa shape index (κ2) is 13.7. The van der Waals surface area contributed by atoms with E-state index in [4.69, 9.17) is 4.74 Å². The summed E-state index contributed by atoms with van der Waals surface area (Å²) in [5.74, 6) is 0.991. The fourth-order valence-electron chi connectivity index (χ4n) is 2.73. The topological polar surface area (TPSA) is 83.8 Å². The highest BCUT2D eigenvalue weighted by molar-refractivity contribution is 14.0. The number of carbonyl (C=O) groups excluding carboxylic acids is 1. The minimum absolute atomic E-state index is 0. The van der Waals surface area contributed by atoms with Crippen molar-refractivity contribution in [2.75, 3.05) is 20.1 Å². The molecule has 8 nitrogen and oxygen atoms in total. The van der Waals surface area contributed by atoms with Gasteiger partial charge in [-0.1, -0.05) is 13.8 Å². The first kappa shape index (κ1) is 29.3. The van der Waals surface area contributed by atoms with E-state index in [9.17, 15) is 13.6 Å². The van der Waals surface area contributed by atoms with Crippen LogP contribution < -0.4 is 10.6 Å². The van der Waals surface area contributed by atoms with E-state index in [1.807, 2.05) is 53.5 Å². The molecule has 180 valence electrons. The van der Waals surface area contributed by atoms with Crippen molar-refractivity contribution in [1.82, 2.24) is 25.1 Å². The van der Waals surface area contributed by atoms with Gasteiger partial charge in [-0.05, 0) is 40.0 Å². The molecule has 1 heterocycles. The molecule has 0 aliphatic heterocycles. The molecule has 0 aliphatic rings. The second-order valence-corrected chi connectivity index (χ2v) is 8.41. The summed E-state index contributed by atoms with van der Waals surface area (Å²) in [4.78, 5) is 22.4. The number of aromatic nitrogens is 2. The van der Waals surface area contributed by atoms with Gasteiger partial charge >= 0.3 is 12.6 Å². The number of alkyl carbamates (subject to hydrolysis) is 1. The summed E-state index contributed by atoms with van der Waals surface area (Å²) >= 11 is 0. The summed E-state index contributed by atoms with van der Waals surface area (Å²) in [6, 6.07) is -0.0806. The summed E-state index contributed by atoms with van der Waals surface area (Å²) < 4.78 is 32.1. The molecule has 0 saturated carbocycles. The van der Waals surface area contributed by atoms with Crippen LogP contribution in [0.4, 0.5) is 13.6 Å². The van der Waals surface area contributed by atoms with Crippen molar-refractivity contribution in [3.63, 3.8) is 0 Å². The molecule has 0 aliphatic carbocycles. The van der Waals surface area contributed by atoms with Gasteiger partial charge in [0.25, 0.3) is 0 Å². The van der Waals surface area contributed by atoms with Crippen LogP contribution in [0.15, 0.2) is 17.4 Å². The van der Waals surface area contributed by atoms with E-state index in [1.165, 1.54) is 12.4 Å². The van der Waals surface area contributed by atoms with Gasteiger partial charge in [-0.25, -0.2) is 14.8 Å². The zero-order chi connectivity index (χ0) is 22.9. The molecular formula is C20H37F2IN6O2. The zero-order valence-corrected chi connectivity index (χ0v) is 21.8. The molecule has 2 N–H and O–H groups in total. The Morgan fingerprint density at radius 2 is 2.00 bits per heavy atom. The first-order valence-corrected chi connectivity index (χ1v) is 10.2. The Labute approximate surface area is 201 Å². The summed E-state index contributed by atoms with van der Waals surface area (Å²) in [6.45, 7) is 10.1. The van der Waals surface area contributed by atoms with Gasteiger partial charge < -0.3 is 20.3 Å². The van der Waals surface area contributed by atoms with Crippen LogP contribution in [-0.4, -0.2) is 58.3 Å². The van der Waals surface area contributed by atoms with E-state index in [1.54, 1.807) is 0 Å². The number of ether oxygens (including phenoxy) is 1. The SMILES string of the molecule is CCNC(=NCc1nccn1C(F)F)N(C)CCC(NC(=O)OC(C)(C)C)C(C)C.I. The number of guanidine groups is 1. The fourth-order valence-corrected chi connectivity index (χ4v) is 2.73. The number of aliphatic imine (C=N–C) groups is 1. The number of hydrogen-bond donors (Lipinski definition) is 2. The van der Waals surface area contributed by atoms with Crippen molar-refractivity contribution in [2.45, 2.75) is 72.7 Å². The Morgan fingerprint density at radius 1 is 1.35 bits per heavy atom. The molecule has 11 heteroatoms. The van der Waals surface area contributed by atoms with Gasteiger partial charge in [0.2, 0.25) is 0 Å². The zero-order valence-electron chi connectivity index (χ0n) is 19.5. The lowest BCUT2D eigenvalue weighted by Crippen LogP contribution is -2.45. The number of amides is 1. The van der Waals surface area contributed by atoms with Gasteiger partial charge in [0.15, 0.2) is 5.96 Å². The van der Waals surface area contributed by atoms with Crippen molar-refractivity contribution >= 4 is 36.0 Å². The number of nitrogens with one attached hydrogen (secondary N) is 2. The Hall–Kier alpha value is -1.66. The highest BCUT2D eigenvalue weighted by Gasteiger charge is 2.22. The molecule has 0 fully saturated rings. The molecule has 0 aromatic carbocycles. The van der Waals surface area contributed by atoms with Gasteiger partial charge in [0, 0.05) is 38.6 Å². The molecule has 1 unspecified atom stereocenters. The van der Waals surface area contributed by atoms with Gasteiger partial charge in [-0.2, -0.15) is 8.78 Å². The lowest BCUT2D eigenvalue weighted by atomic mass is 10.0. The standard InChI is InChI=1S/C20H36F2N6O2.HI/c1-8-23-18(25-13-16-24-10-12-28(16)17(21)22)27(7)11-9-15(14(2)3)26-19(29)30-20(4,5)6;/h10,12,14-15,17H,8-9,11,13H2,1-7H3,(H,23,25)(H,26,29);1H. The minimum Gasteiger partial charge on any atom is -0.444 e. The van der Waals surface area contributed by atoms with E-state index >= 15 is 0 Å². The Kier molecular flexibility index (Phi) is 13.0. The van der Waals surface area contributed by atoms with Crippen LogP contribution in [0.5, 0.6) is 0 Å². The largest absolute Gasteiger partial charge is 0.444 e. The van der Waals surface area contributed by atoms with Crippen molar-refractivity contribution in [1.29, 1.82) is 0 Å². The van der Waals surface area contributed by atoms with Crippen molar-refractivity contribution in [2.24, 2.45) is 10.9 Å². The quantitative estimate of drug-likeness (QED) is 0.269. The lowest BCUT2D eigenvalue weighted by molar-refractivity contribution is 0.0485. The van der Waals surface area contributed by atoms with Crippen LogP contribution in [-0.2, 0) is 11.3 Å². The van der Waals surface area contributed by atoms with Crippen LogP contribution in [0.3, 0.4) is 0 Å². The first-order valence-electron chi connectivity index (χ1n) is 10.2. The maximum atomic E-state index is 13.0. The molecule has 1 atom stereocenters. The molecular weight excluding hydrogens is 521 g/mol. The third kappa shape index (κ3) is 11.0. The molecule has 1 aromatic heterocycles. The smallest absolute Gasteiger partial charge is 0.407 e. The van der Waals surface area contributed by atoms with Gasteiger partial charge in [-0.3, -0.25) is 4.57 Å². The molecule has 1 amide bonds. The van der Waals surface area contributed by atoms with Crippen molar-refractivity contribution in [3.05, 3.63) is 18.2 Å². The van der Waals surface area contributed by atoms with Gasteiger partial charge in [0.1, 0.15) is 18.0 Å². The van der Waals surface area contributed by atoms with Crippen LogP contribution in [0.2, 0.25) is 0 Å². The average molecular weight is 558 g/mol. The first-order chi connectivity index (χ1) is 13.9. The predicted molar refractivity (Wildman–Crippen MR) is 129 cm³/mol. The van der Waals surface area contributed by atoms with Crippen molar-refractivity contribution < 1.29 is 18.3 Å². The number of halogens is 3. The van der Waals surface area contributed by atoms with E-state index in [0.29, 0.717) is 25.5 Å². The molecule has 0 bridgehead atoms. The number of rotatable bonds is 9. The average Bonchev–Trinajstić information content (AvgIpc) is 3.08. The monoisotopic (exact) mass is 558 g/mol. The fraction of sp³-hybridized carbons (Fsp3) is 0.750. The lowest BCUT2D eigenvalue weighted by Gasteiger charge is -2.28. The number of carbonyl (C=O) groups is 1. The number of nitrogens with zero attached hydrogens (tertiary/aromatic N) is 4. The van der Waals surface area contributed by atoms with E-state index in [-0.39, 0.29) is 48.3 Å². The highest BCUT2D eigenvalue weighted by atomic mass is 127. The van der Waals surface area contributed by atoms with Crippen LogP contribution >= 0.6 is 24.0 Å². The predicted octanol–water partition coefficient (Wildman–Crippen LogP) is 4.23. The Morgan fingerprint density at radius 3 is 2.52 bits per heavy atom. The van der Waals surface area contributed by atoms with Crippen LogP contribution in [0, 0.1) is 5.92 Å². The molecule has 1 rings (SSSR count). The van der Waals surface area contributed by atoms with Crippen LogP contribution in [0.25, 0.3) is 0 Å². The minimum atomic E-state index is -2.65. The van der Waals surface area contributed by atoms with Crippen molar-refractivity contribution in [3.8, 4) is 0 Å².